The summed E-state index contributed by atoms with van der Waals surface area (Å²) in [6.45, 7) is 11.2. The van der Waals surface area contributed by atoms with Crippen molar-refractivity contribution in [3.05, 3.63) is 54.1 Å². The summed E-state index contributed by atoms with van der Waals surface area (Å²) in [6, 6.07) is 15.7. The molecule has 0 aliphatic heterocycles. The highest BCUT2D eigenvalue weighted by molar-refractivity contribution is 7.81. The third-order valence-electron chi connectivity index (χ3n) is 4.65. The van der Waals surface area contributed by atoms with Gasteiger partial charge in [-0.05, 0) is 54.5 Å². The van der Waals surface area contributed by atoms with Gasteiger partial charge in [-0.2, -0.15) is 0 Å². The second kappa shape index (κ2) is 7.58. The monoisotopic (exact) mass is 373 g/mol. The zero-order chi connectivity index (χ0) is 18.7. The summed E-state index contributed by atoms with van der Waals surface area (Å²) in [7, 11) is -0.277. The molecule has 0 fully saturated rings. The number of para-hydroxylation sites is 1. The van der Waals surface area contributed by atoms with Crippen LogP contribution in [0.5, 0.6) is 11.5 Å². The standard InChI is InChI=1S/C20H27NO2SSi/c1-20(2,3)25(5,6)23-18-10-8-7-9-17(18)19(24)21-15-11-13-16(22-4)14-12-15/h7-14H,1-6H3,(H,21,24). The number of methoxy groups -OCH3 is 1. The fraction of sp³-hybridized carbons (Fsp3) is 0.350. The maximum Gasteiger partial charge on any atom is 0.250 e. The van der Waals surface area contributed by atoms with Crippen molar-refractivity contribution < 1.29 is 9.16 Å². The Kier molecular flexibility index (Phi) is 5.90. The van der Waals surface area contributed by atoms with Crippen molar-refractivity contribution in [2.75, 3.05) is 12.4 Å². The van der Waals surface area contributed by atoms with Crippen LogP contribution in [0.15, 0.2) is 48.5 Å². The predicted molar refractivity (Wildman–Crippen MR) is 113 cm³/mol. The van der Waals surface area contributed by atoms with Crippen molar-refractivity contribution in [3.63, 3.8) is 0 Å². The van der Waals surface area contributed by atoms with Gasteiger partial charge >= 0.3 is 0 Å². The first-order valence-corrected chi connectivity index (χ1v) is 11.7. The van der Waals surface area contributed by atoms with Gasteiger partial charge in [0, 0.05) is 11.3 Å². The molecule has 0 aromatic heterocycles. The number of hydrogen-bond acceptors (Lipinski definition) is 3. The van der Waals surface area contributed by atoms with E-state index in [1.54, 1.807) is 7.11 Å². The molecule has 0 unspecified atom stereocenters. The molecule has 2 rings (SSSR count). The summed E-state index contributed by atoms with van der Waals surface area (Å²) in [5, 5.41) is 3.42. The lowest BCUT2D eigenvalue weighted by atomic mass is 10.2. The number of ether oxygens (including phenoxy) is 1. The molecule has 134 valence electrons. The van der Waals surface area contributed by atoms with E-state index in [1.807, 2.05) is 48.5 Å². The van der Waals surface area contributed by atoms with Crippen LogP contribution >= 0.6 is 12.2 Å². The van der Waals surface area contributed by atoms with Gasteiger partial charge < -0.3 is 14.5 Å². The molecule has 5 heteroatoms. The van der Waals surface area contributed by atoms with Crippen LogP contribution in [-0.2, 0) is 0 Å². The first-order chi connectivity index (χ1) is 11.6. The normalized spacial score (nSPS) is 11.8. The Bertz CT molecular complexity index is 736. The molecule has 1 N–H and O–H groups in total. The molecule has 2 aromatic rings. The predicted octanol–water partition coefficient (Wildman–Crippen LogP) is 5.87. The summed E-state index contributed by atoms with van der Waals surface area (Å²) >= 11 is 5.63. The van der Waals surface area contributed by atoms with Crippen molar-refractivity contribution in [1.29, 1.82) is 0 Å². The van der Waals surface area contributed by atoms with Crippen LogP contribution in [-0.4, -0.2) is 20.4 Å². The third-order valence-corrected chi connectivity index (χ3v) is 9.32. The molecule has 0 atom stereocenters. The first-order valence-electron chi connectivity index (χ1n) is 8.37. The van der Waals surface area contributed by atoms with Crippen molar-refractivity contribution in [3.8, 4) is 11.5 Å². The van der Waals surface area contributed by atoms with E-state index in [1.165, 1.54) is 0 Å². The molecule has 0 spiro atoms. The highest BCUT2D eigenvalue weighted by Gasteiger charge is 2.39. The average molecular weight is 374 g/mol. The van der Waals surface area contributed by atoms with Gasteiger partial charge in [-0.3, -0.25) is 0 Å². The van der Waals surface area contributed by atoms with E-state index in [0.717, 1.165) is 22.7 Å². The summed E-state index contributed by atoms with van der Waals surface area (Å²) in [5.41, 5.74) is 1.84. The molecule has 2 aromatic carbocycles. The van der Waals surface area contributed by atoms with Crippen molar-refractivity contribution in [1.82, 2.24) is 0 Å². The van der Waals surface area contributed by atoms with E-state index in [4.69, 9.17) is 21.4 Å². The SMILES string of the molecule is COc1ccc(NC(=S)c2ccccc2O[Si](C)(C)C(C)(C)C)cc1. The molecule has 25 heavy (non-hydrogen) atoms. The zero-order valence-electron chi connectivity index (χ0n) is 15.8. The van der Waals surface area contributed by atoms with Crippen molar-refractivity contribution in [2.45, 2.75) is 38.9 Å². The van der Waals surface area contributed by atoms with E-state index in [-0.39, 0.29) is 5.04 Å². The Labute approximate surface area is 157 Å². The Morgan fingerprint density at radius 1 is 1.00 bits per heavy atom. The van der Waals surface area contributed by atoms with Crippen LogP contribution in [0, 0.1) is 0 Å². The highest BCUT2D eigenvalue weighted by atomic mass is 32.1. The topological polar surface area (TPSA) is 30.5 Å². The minimum absolute atomic E-state index is 0.130. The molecule has 0 aliphatic rings. The zero-order valence-corrected chi connectivity index (χ0v) is 17.7. The van der Waals surface area contributed by atoms with E-state index < -0.39 is 8.32 Å². The minimum Gasteiger partial charge on any atom is -0.543 e. The molecule has 0 saturated heterocycles. The van der Waals surface area contributed by atoms with Crippen molar-refractivity contribution >= 4 is 31.2 Å². The summed E-state index contributed by atoms with van der Waals surface area (Å²) in [4.78, 5) is 0.652. The number of thiocarbonyl (C=S) groups is 1. The van der Waals surface area contributed by atoms with E-state index in [9.17, 15) is 0 Å². The average Bonchev–Trinajstić information content (AvgIpc) is 2.54. The molecule has 3 nitrogen and oxygen atoms in total. The number of hydrogen-bond donors (Lipinski definition) is 1. The van der Waals surface area contributed by atoms with Crippen LogP contribution in [0.1, 0.15) is 26.3 Å². The summed E-state index contributed by atoms with van der Waals surface area (Å²) in [5.74, 6) is 1.67. The lowest BCUT2D eigenvalue weighted by Gasteiger charge is -2.37. The smallest absolute Gasteiger partial charge is 0.250 e. The summed E-state index contributed by atoms with van der Waals surface area (Å²) < 4.78 is 11.7. The molecule has 0 heterocycles. The number of benzene rings is 2. The molecule has 0 bridgehead atoms. The van der Waals surface area contributed by atoms with Crippen LogP contribution in [0.25, 0.3) is 0 Å². The second-order valence-electron chi connectivity index (χ2n) is 7.54. The molecule has 0 amide bonds. The van der Waals surface area contributed by atoms with Gasteiger partial charge in [0.05, 0.1) is 7.11 Å². The molecule has 0 aliphatic carbocycles. The van der Waals surface area contributed by atoms with Gasteiger partial charge in [-0.1, -0.05) is 45.1 Å². The first kappa shape index (κ1) is 19.5. The van der Waals surface area contributed by atoms with Crippen molar-refractivity contribution in [2.24, 2.45) is 0 Å². The van der Waals surface area contributed by atoms with Gasteiger partial charge in [0.25, 0.3) is 8.32 Å². The number of anilines is 1. The Balaban J connectivity index is 2.22. The molecular weight excluding hydrogens is 346 g/mol. The molecule has 0 radical (unpaired) electrons. The fourth-order valence-corrected chi connectivity index (χ4v) is 3.36. The maximum absolute atomic E-state index is 6.48. The number of nitrogens with one attached hydrogen (secondary N) is 1. The minimum atomic E-state index is -1.93. The van der Waals surface area contributed by atoms with Crippen LogP contribution in [0.4, 0.5) is 5.69 Å². The Morgan fingerprint density at radius 2 is 1.60 bits per heavy atom. The van der Waals surface area contributed by atoms with Crippen LogP contribution < -0.4 is 14.5 Å². The van der Waals surface area contributed by atoms with Crippen LogP contribution in [0.2, 0.25) is 18.1 Å². The third kappa shape index (κ3) is 4.83. The van der Waals surface area contributed by atoms with Gasteiger partial charge in [-0.15, -0.1) is 0 Å². The van der Waals surface area contributed by atoms with E-state index >= 15 is 0 Å². The molecular formula is C20H27NO2SSi. The maximum atomic E-state index is 6.48. The van der Waals surface area contributed by atoms with Gasteiger partial charge in [-0.25, -0.2) is 0 Å². The Hall–Kier alpha value is -1.85. The lowest BCUT2D eigenvalue weighted by Crippen LogP contribution is -2.44. The molecule has 0 saturated carbocycles. The second-order valence-corrected chi connectivity index (χ2v) is 12.7. The van der Waals surface area contributed by atoms with E-state index in [0.29, 0.717) is 4.99 Å². The fourth-order valence-electron chi connectivity index (χ4n) is 2.04. The quantitative estimate of drug-likeness (QED) is 0.525. The van der Waals surface area contributed by atoms with Crippen LogP contribution in [0.3, 0.4) is 0 Å². The summed E-state index contributed by atoms with van der Waals surface area (Å²) in [6.07, 6.45) is 0. The Morgan fingerprint density at radius 3 is 2.16 bits per heavy atom. The van der Waals surface area contributed by atoms with E-state index in [2.05, 4.69) is 39.2 Å². The van der Waals surface area contributed by atoms with Gasteiger partial charge in [0.2, 0.25) is 0 Å². The van der Waals surface area contributed by atoms with Gasteiger partial charge in [0.15, 0.2) is 0 Å². The number of rotatable bonds is 5. The highest BCUT2D eigenvalue weighted by Crippen LogP contribution is 2.38. The largest absolute Gasteiger partial charge is 0.543 e. The lowest BCUT2D eigenvalue weighted by molar-refractivity contribution is 0.415. The van der Waals surface area contributed by atoms with Gasteiger partial charge in [0.1, 0.15) is 16.5 Å².